The van der Waals surface area contributed by atoms with Crippen molar-refractivity contribution in [2.45, 2.75) is 19.9 Å². The topological polar surface area (TPSA) is 29.3 Å². The molecule has 0 spiro atoms. The quantitative estimate of drug-likeness (QED) is 0.908. The third-order valence-electron chi connectivity index (χ3n) is 3.87. The lowest BCUT2D eigenvalue weighted by Gasteiger charge is -2.38. The van der Waals surface area contributed by atoms with Crippen molar-refractivity contribution in [3.05, 3.63) is 48.0 Å². The Morgan fingerprint density at radius 2 is 1.68 bits per heavy atom. The highest BCUT2D eigenvalue weighted by atomic mass is 15.1. The first-order valence-electron chi connectivity index (χ1n) is 6.81. The summed E-state index contributed by atoms with van der Waals surface area (Å²) in [4.78, 5) is 2.26. The molecule has 2 rings (SSSR count). The largest absolute Gasteiger partial charge is 0.330 e. The summed E-state index contributed by atoms with van der Waals surface area (Å²) in [5, 5.41) is 2.58. The molecule has 0 aliphatic heterocycles. The maximum atomic E-state index is 5.97. The zero-order valence-corrected chi connectivity index (χ0v) is 12.4. The van der Waals surface area contributed by atoms with Crippen LogP contribution in [0.25, 0.3) is 10.8 Å². The molecule has 2 nitrogen and oxygen atoms in total. The Morgan fingerprint density at radius 3 is 2.26 bits per heavy atom. The first-order chi connectivity index (χ1) is 8.95. The lowest BCUT2D eigenvalue weighted by atomic mass is 9.79. The SMILES string of the molecule is CN(C)C(c1ccc2ccccc2c1)C(C)(C)CN. The average molecular weight is 256 g/mol. The van der Waals surface area contributed by atoms with E-state index in [1.54, 1.807) is 0 Å². The molecule has 2 aromatic carbocycles. The fourth-order valence-corrected chi connectivity index (χ4v) is 2.94. The third kappa shape index (κ3) is 2.80. The van der Waals surface area contributed by atoms with Crippen LogP contribution in [-0.2, 0) is 0 Å². The van der Waals surface area contributed by atoms with Crippen LogP contribution in [-0.4, -0.2) is 25.5 Å². The lowest BCUT2D eigenvalue weighted by molar-refractivity contribution is 0.143. The van der Waals surface area contributed by atoms with Crippen molar-refractivity contribution in [3.63, 3.8) is 0 Å². The van der Waals surface area contributed by atoms with E-state index in [-0.39, 0.29) is 5.41 Å². The highest BCUT2D eigenvalue weighted by Gasteiger charge is 2.31. The van der Waals surface area contributed by atoms with E-state index in [2.05, 4.69) is 75.3 Å². The summed E-state index contributed by atoms with van der Waals surface area (Å²) in [6.45, 7) is 5.13. The molecule has 0 bridgehead atoms. The summed E-state index contributed by atoms with van der Waals surface area (Å²) in [6.07, 6.45) is 0. The molecule has 0 aromatic heterocycles. The highest BCUT2D eigenvalue weighted by molar-refractivity contribution is 5.83. The normalized spacial score (nSPS) is 14.0. The first-order valence-corrected chi connectivity index (χ1v) is 6.81. The molecule has 0 aliphatic carbocycles. The molecule has 2 heteroatoms. The van der Waals surface area contributed by atoms with Gasteiger partial charge in [0.2, 0.25) is 0 Å². The monoisotopic (exact) mass is 256 g/mol. The van der Waals surface area contributed by atoms with E-state index in [1.165, 1.54) is 16.3 Å². The third-order valence-corrected chi connectivity index (χ3v) is 3.87. The minimum Gasteiger partial charge on any atom is -0.330 e. The van der Waals surface area contributed by atoms with Gasteiger partial charge in [0.05, 0.1) is 0 Å². The van der Waals surface area contributed by atoms with Crippen LogP contribution < -0.4 is 5.73 Å². The summed E-state index contributed by atoms with van der Waals surface area (Å²) in [5.74, 6) is 0. The van der Waals surface area contributed by atoms with Gasteiger partial charge in [-0.05, 0) is 48.5 Å². The van der Waals surface area contributed by atoms with Crippen molar-refractivity contribution in [1.29, 1.82) is 0 Å². The molecule has 0 saturated carbocycles. The Kier molecular flexibility index (Phi) is 3.93. The van der Waals surface area contributed by atoms with Crippen LogP contribution in [0, 0.1) is 5.41 Å². The van der Waals surface area contributed by atoms with Gasteiger partial charge in [-0.3, -0.25) is 0 Å². The van der Waals surface area contributed by atoms with Crippen LogP contribution in [0.15, 0.2) is 42.5 Å². The van der Waals surface area contributed by atoms with Crippen molar-refractivity contribution in [2.24, 2.45) is 11.1 Å². The Balaban J connectivity index is 2.51. The number of fused-ring (bicyclic) bond motifs is 1. The second-order valence-corrected chi connectivity index (χ2v) is 6.17. The Morgan fingerprint density at radius 1 is 1.05 bits per heavy atom. The van der Waals surface area contributed by atoms with Crippen molar-refractivity contribution < 1.29 is 0 Å². The molecule has 0 heterocycles. The molecule has 0 fully saturated rings. The second kappa shape index (κ2) is 5.32. The van der Waals surface area contributed by atoms with Gasteiger partial charge in [0.15, 0.2) is 0 Å². The van der Waals surface area contributed by atoms with Crippen LogP contribution >= 0.6 is 0 Å². The Bertz CT molecular complexity index is 558. The van der Waals surface area contributed by atoms with Gasteiger partial charge in [-0.25, -0.2) is 0 Å². The molecule has 2 N–H and O–H groups in total. The molecule has 0 aliphatic rings. The van der Waals surface area contributed by atoms with Gasteiger partial charge in [0.25, 0.3) is 0 Å². The van der Waals surface area contributed by atoms with Gasteiger partial charge in [-0.1, -0.05) is 50.2 Å². The minimum atomic E-state index is 0.0476. The number of benzene rings is 2. The molecular weight excluding hydrogens is 232 g/mol. The number of rotatable bonds is 4. The predicted molar refractivity (Wildman–Crippen MR) is 83.2 cm³/mol. The summed E-state index contributed by atoms with van der Waals surface area (Å²) in [7, 11) is 4.24. The fourth-order valence-electron chi connectivity index (χ4n) is 2.94. The maximum absolute atomic E-state index is 5.97. The van der Waals surface area contributed by atoms with Gasteiger partial charge in [0.1, 0.15) is 0 Å². The van der Waals surface area contributed by atoms with E-state index >= 15 is 0 Å². The molecule has 0 saturated heterocycles. The molecule has 102 valence electrons. The fraction of sp³-hybridized carbons (Fsp3) is 0.412. The van der Waals surface area contributed by atoms with Crippen LogP contribution in [0.4, 0.5) is 0 Å². The molecule has 0 radical (unpaired) electrons. The van der Waals surface area contributed by atoms with E-state index in [0.29, 0.717) is 12.6 Å². The van der Waals surface area contributed by atoms with Gasteiger partial charge in [-0.15, -0.1) is 0 Å². The lowest BCUT2D eigenvalue weighted by Crippen LogP contribution is -2.38. The standard InChI is InChI=1S/C17H24N2/c1-17(2,12-18)16(19(3)4)15-10-9-13-7-5-6-8-14(13)11-15/h5-11,16H,12,18H2,1-4H3. The van der Waals surface area contributed by atoms with Crippen LogP contribution in [0.1, 0.15) is 25.5 Å². The van der Waals surface area contributed by atoms with E-state index in [0.717, 1.165) is 0 Å². The maximum Gasteiger partial charge on any atom is 0.0405 e. The zero-order valence-electron chi connectivity index (χ0n) is 12.4. The summed E-state index contributed by atoms with van der Waals surface area (Å²) in [5.41, 5.74) is 7.35. The van der Waals surface area contributed by atoms with Crippen molar-refractivity contribution in [2.75, 3.05) is 20.6 Å². The van der Waals surface area contributed by atoms with Gasteiger partial charge in [0, 0.05) is 6.04 Å². The van der Waals surface area contributed by atoms with Gasteiger partial charge < -0.3 is 10.6 Å². The number of hydrogen-bond acceptors (Lipinski definition) is 2. The number of nitrogens with zero attached hydrogens (tertiary/aromatic N) is 1. The Hall–Kier alpha value is -1.38. The second-order valence-electron chi connectivity index (χ2n) is 6.17. The van der Waals surface area contributed by atoms with E-state index < -0.39 is 0 Å². The van der Waals surface area contributed by atoms with E-state index in [9.17, 15) is 0 Å². The molecule has 1 unspecified atom stereocenters. The summed E-state index contributed by atoms with van der Waals surface area (Å²) < 4.78 is 0. The van der Waals surface area contributed by atoms with Gasteiger partial charge in [-0.2, -0.15) is 0 Å². The van der Waals surface area contributed by atoms with Crippen LogP contribution in [0.5, 0.6) is 0 Å². The first kappa shape index (κ1) is 14.0. The number of nitrogens with two attached hydrogens (primary N) is 1. The summed E-state index contributed by atoms with van der Waals surface area (Å²) in [6, 6.07) is 15.5. The molecule has 2 aromatic rings. The molecule has 1 atom stereocenters. The van der Waals surface area contributed by atoms with E-state index in [4.69, 9.17) is 5.73 Å². The van der Waals surface area contributed by atoms with Gasteiger partial charge >= 0.3 is 0 Å². The average Bonchev–Trinajstić information content (AvgIpc) is 2.38. The summed E-state index contributed by atoms with van der Waals surface area (Å²) >= 11 is 0. The predicted octanol–water partition coefficient (Wildman–Crippen LogP) is 3.43. The van der Waals surface area contributed by atoms with Crippen molar-refractivity contribution >= 4 is 10.8 Å². The number of hydrogen-bond donors (Lipinski definition) is 1. The van der Waals surface area contributed by atoms with Crippen LogP contribution in [0.3, 0.4) is 0 Å². The zero-order chi connectivity index (χ0) is 14.0. The van der Waals surface area contributed by atoms with Crippen molar-refractivity contribution in [3.8, 4) is 0 Å². The van der Waals surface area contributed by atoms with Crippen molar-refractivity contribution in [1.82, 2.24) is 4.90 Å². The van der Waals surface area contributed by atoms with E-state index in [1.807, 2.05) is 0 Å². The molecule has 0 amide bonds. The minimum absolute atomic E-state index is 0.0476. The molecule has 19 heavy (non-hydrogen) atoms. The smallest absolute Gasteiger partial charge is 0.0405 e. The molecular formula is C17H24N2. The van der Waals surface area contributed by atoms with Crippen LogP contribution in [0.2, 0.25) is 0 Å². The highest BCUT2D eigenvalue weighted by Crippen LogP contribution is 2.37. The Labute approximate surface area is 116 Å².